The van der Waals surface area contributed by atoms with E-state index < -0.39 is 56.2 Å². The summed E-state index contributed by atoms with van der Waals surface area (Å²) in [5.74, 6) is -2.48. The van der Waals surface area contributed by atoms with Gasteiger partial charge >= 0.3 is 5.97 Å². The lowest BCUT2D eigenvalue weighted by atomic mass is 9.79. The molecule has 13 nitrogen and oxygen atoms in total. The molecule has 2 amide bonds. The molecule has 2 aliphatic carbocycles. The Morgan fingerprint density at radius 3 is 2.51 bits per heavy atom. The molecule has 0 radical (unpaired) electrons. The lowest BCUT2D eigenvalue weighted by molar-refractivity contribution is -0.160. The highest BCUT2D eigenvalue weighted by molar-refractivity contribution is 7.90. The second-order valence-electron chi connectivity index (χ2n) is 16.9. The molecule has 3 heterocycles. The Morgan fingerprint density at radius 2 is 1.84 bits per heavy atom. The van der Waals surface area contributed by atoms with Crippen LogP contribution in [0.5, 0.6) is 11.6 Å². The molecule has 55 heavy (non-hydrogen) atoms. The zero-order valence-corrected chi connectivity index (χ0v) is 34.1. The first-order valence-corrected chi connectivity index (χ1v) is 21.3. The number of esters is 1. The van der Waals surface area contributed by atoms with Crippen molar-refractivity contribution in [1.29, 1.82) is 0 Å². The molecule has 2 saturated carbocycles. The molecule has 1 aromatic carbocycles. The predicted octanol–water partition coefficient (Wildman–Crippen LogP) is 5.96. The molecule has 1 N–H and O–H groups in total. The number of carbonyl (C=O) groups is 4. The molecule has 4 aliphatic rings. The number of rotatable bonds is 9. The first-order valence-electron chi connectivity index (χ1n) is 19.4. The van der Waals surface area contributed by atoms with Crippen molar-refractivity contribution >= 4 is 56.2 Å². The molecule has 300 valence electrons. The van der Waals surface area contributed by atoms with Gasteiger partial charge in [0.1, 0.15) is 17.5 Å². The van der Waals surface area contributed by atoms with Crippen LogP contribution in [-0.2, 0) is 33.9 Å². The number of carbonyl (C=O) groups excluding carboxylic acids is 4. The van der Waals surface area contributed by atoms with Crippen LogP contribution in [0.4, 0.5) is 0 Å². The molecule has 15 heteroatoms. The number of hydrogen-bond acceptors (Lipinski definition) is 11. The van der Waals surface area contributed by atoms with E-state index in [1.807, 2.05) is 19.1 Å². The molecule has 0 spiro atoms. The summed E-state index contributed by atoms with van der Waals surface area (Å²) >= 11 is 6.55. The van der Waals surface area contributed by atoms with E-state index in [1.165, 1.54) is 12.0 Å². The Hall–Kier alpha value is -3.78. The van der Waals surface area contributed by atoms with Gasteiger partial charge in [0.05, 0.1) is 53.7 Å². The average Bonchev–Trinajstić information content (AvgIpc) is 4.04. The van der Waals surface area contributed by atoms with E-state index in [0.717, 1.165) is 6.42 Å². The molecule has 6 rings (SSSR count). The topological polar surface area (TPSA) is 171 Å². The van der Waals surface area contributed by atoms with Crippen molar-refractivity contribution in [3.05, 3.63) is 35.5 Å². The van der Waals surface area contributed by atoms with Crippen molar-refractivity contribution in [2.24, 2.45) is 29.1 Å². The summed E-state index contributed by atoms with van der Waals surface area (Å²) in [7, 11) is -2.33. The van der Waals surface area contributed by atoms with Crippen LogP contribution < -0.4 is 14.2 Å². The van der Waals surface area contributed by atoms with E-state index in [9.17, 15) is 27.6 Å². The summed E-state index contributed by atoms with van der Waals surface area (Å²) in [6.07, 6.45) is 6.92. The zero-order valence-electron chi connectivity index (χ0n) is 32.5. The molecule has 0 unspecified atom stereocenters. The summed E-state index contributed by atoms with van der Waals surface area (Å²) < 4.78 is 45.5. The average molecular weight is 801 g/mol. The van der Waals surface area contributed by atoms with E-state index in [0.29, 0.717) is 55.3 Å². The molecular formula is C40H53ClN4O9S. The van der Waals surface area contributed by atoms with E-state index in [2.05, 4.69) is 21.6 Å². The summed E-state index contributed by atoms with van der Waals surface area (Å²) in [5.41, 5.74) is -1.05. The van der Waals surface area contributed by atoms with E-state index in [-0.39, 0.29) is 66.3 Å². The number of fused-ring (bicyclic) bond motifs is 3. The fourth-order valence-corrected chi connectivity index (χ4v) is 9.73. The Balaban J connectivity index is 1.36. The largest absolute Gasteiger partial charge is 0.497 e. The number of halogens is 1. The first-order chi connectivity index (χ1) is 25.9. The lowest BCUT2D eigenvalue weighted by Gasteiger charge is -2.33. The number of sulfonamides is 1. The number of aromatic nitrogens is 2. The number of benzene rings is 1. The minimum atomic E-state index is -3.87. The van der Waals surface area contributed by atoms with Crippen molar-refractivity contribution in [3.8, 4) is 11.6 Å². The summed E-state index contributed by atoms with van der Waals surface area (Å²) in [5, 5.41) is -0.608. The van der Waals surface area contributed by atoms with Crippen LogP contribution in [0.1, 0.15) is 98.8 Å². The highest BCUT2D eigenvalue weighted by Gasteiger charge is 2.61. The number of ether oxygens (including phenoxy) is 3. The normalized spacial score (nSPS) is 29.7. The monoisotopic (exact) mass is 800 g/mol. The summed E-state index contributed by atoms with van der Waals surface area (Å²) in [6, 6.07) is 4.12. The number of ketones is 1. The third-order valence-corrected chi connectivity index (χ3v) is 13.5. The Kier molecular flexibility index (Phi) is 11.9. The Bertz CT molecular complexity index is 1960. The van der Waals surface area contributed by atoms with Crippen LogP contribution in [-0.4, -0.2) is 83.5 Å². The smallest absolute Gasteiger partial charge is 0.307 e. The van der Waals surface area contributed by atoms with Crippen LogP contribution in [0.3, 0.4) is 0 Å². The number of methoxy groups -OCH3 is 1. The van der Waals surface area contributed by atoms with Crippen molar-refractivity contribution in [2.45, 2.75) is 122 Å². The van der Waals surface area contributed by atoms with E-state index in [1.54, 1.807) is 39.0 Å². The standard InChI is InChI=1S/C40H53ClN4O9S/c1-7-24-16-23(2)10-8-9-11-25-20-40(25,38(49)44-55(50,51)28-13-14-28)21-33(46)32-18-27(22-45(32)37(48)29(24)19-34(47)54-39(3,4)5)53-36-35(41)42-30-15-12-26(52-6)17-31(30)43-36/h9,11-12,15,17,23-25,27-29,32H,7-8,10,13-14,16,18-22H2,1-6H3,(H,44,49)/b11-9-/t23-,24-,25-,27-,29+,32+,40-/m1/s1. The number of allylic oxidation sites excluding steroid dienone is 2. The third-order valence-electron chi connectivity index (χ3n) is 11.4. The highest BCUT2D eigenvalue weighted by Crippen LogP contribution is 2.57. The minimum Gasteiger partial charge on any atom is -0.497 e. The lowest BCUT2D eigenvalue weighted by Crippen LogP contribution is -2.48. The summed E-state index contributed by atoms with van der Waals surface area (Å²) in [6.45, 7) is 9.43. The van der Waals surface area contributed by atoms with Gasteiger partial charge in [-0.3, -0.25) is 23.9 Å². The van der Waals surface area contributed by atoms with Gasteiger partial charge in [-0.05, 0) is 89.2 Å². The highest BCUT2D eigenvalue weighted by atomic mass is 35.5. The number of Topliss-reactive ketones (excluding diaryl/α,β-unsaturated/α-hetero) is 1. The van der Waals surface area contributed by atoms with Crippen molar-refractivity contribution < 1.29 is 41.8 Å². The maximum atomic E-state index is 14.9. The van der Waals surface area contributed by atoms with Crippen molar-refractivity contribution in [1.82, 2.24) is 19.6 Å². The molecule has 2 aliphatic heterocycles. The maximum absolute atomic E-state index is 14.9. The fourth-order valence-electron chi connectivity index (χ4n) is 8.16. The van der Waals surface area contributed by atoms with Gasteiger partial charge in [-0.2, -0.15) is 0 Å². The molecule has 3 fully saturated rings. The van der Waals surface area contributed by atoms with Gasteiger partial charge in [0.15, 0.2) is 10.9 Å². The van der Waals surface area contributed by atoms with Gasteiger partial charge in [0, 0.05) is 18.9 Å². The Morgan fingerprint density at radius 1 is 1.09 bits per heavy atom. The molecule has 2 aromatic rings. The molecular weight excluding hydrogens is 748 g/mol. The van der Waals surface area contributed by atoms with Crippen LogP contribution >= 0.6 is 11.6 Å². The third kappa shape index (κ3) is 9.44. The van der Waals surface area contributed by atoms with Crippen LogP contribution in [0.25, 0.3) is 11.0 Å². The maximum Gasteiger partial charge on any atom is 0.307 e. The second kappa shape index (κ2) is 16.0. The number of nitrogens with zero attached hydrogens (tertiary/aromatic N) is 3. The van der Waals surface area contributed by atoms with Gasteiger partial charge in [-0.25, -0.2) is 18.4 Å². The van der Waals surface area contributed by atoms with Gasteiger partial charge in [0.2, 0.25) is 21.8 Å². The Labute approximate surface area is 328 Å². The van der Waals surface area contributed by atoms with Gasteiger partial charge in [-0.1, -0.05) is 44.0 Å². The molecule has 1 aromatic heterocycles. The predicted molar refractivity (Wildman–Crippen MR) is 206 cm³/mol. The second-order valence-corrected chi connectivity index (χ2v) is 19.2. The number of amides is 2. The zero-order chi connectivity index (χ0) is 39.9. The van der Waals surface area contributed by atoms with Crippen LogP contribution in [0.15, 0.2) is 30.4 Å². The van der Waals surface area contributed by atoms with Crippen molar-refractivity contribution in [3.63, 3.8) is 0 Å². The molecule has 0 bridgehead atoms. The van der Waals surface area contributed by atoms with Crippen LogP contribution in [0.2, 0.25) is 5.15 Å². The van der Waals surface area contributed by atoms with Gasteiger partial charge in [-0.15, -0.1) is 0 Å². The fraction of sp³-hybridized carbons (Fsp3) is 0.650. The quantitative estimate of drug-likeness (QED) is 0.234. The number of nitrogens with one attached hydrogen (secondary N) is 1. The first kappa shape index (κ1) is 40.9. The van der Waals surface area contributed by atoms with Crippen LogP contribution in [0, 0.1) is 29.1 Å². The van der Waals surface area contributed by atoms with Gasteiger partial charge in [0.25, 0.3) is 5.88 Å². The van der Waals surface area contributed by atoms with Gasteiger partial charge < -0.3 is 19.1 Å². The van der Waals surface area contributed by atoms with E-state index >= 15 is 0 Å². The van der Waals surface area contributed by atoms with Crippen molar-refractivity contribution in [2.75, 3.05) is 13.7 Å². The summed E-state index contributed by atoms with van der Waals surface area (Å²) in [4.78, 5) is 67.3. The minimum absolute atomic E-state index is 0.00252. The molecule has 1 saturated heterocycles. The number of hydrogen-bond donors (Lipinski definition) is 1. The molecule has 7 atom stereocenters. The SMILES string of the molecule is CC[C@@H]1C[C@H](C)CC/C=C\[C@@H]2C[C@@]2(C(=O)NS(=O)(=O)C2CC2)CC(=O)[C@@H]2C[C@@H](Oc3nc4cc(OC)ccc4nc3Cl)CN2C(=O)[C@H]1CC(=O)OC(C)(C)C. The van der Waals surface area contributed by atoms with E-state index in [4.69, 9.17) is 25.8 Å².